The van der Waals surface area contributed by atoms with Gasteiger partial charge < -0.3 is 9.84 Å². The van der Waals surface area contributed by atoms with Crippen molar-refractivity contribution in [3.8, 4) is 5.75 Å². The van der Waals surface area contributed by atoms with Crippen LogP contribution in [0.5, 0.6) is 5.75 Å². The average molecular weight is 266 g/mol. The molecule has 1 unspecified atom stereocenters. The molecule has 0 aliphatic carbocycles. The van der Waals surface area contributed by atoms with Crippen molar-refractivity contribution in [3.05, 3.63) is 23.5 Å². The number of pyridine rings is 1. The molecule has 1 rings (SSSR count). The number of hydrogen-bond acceptors (Lipinski definition) is 4. The van der Waals surface area contributed by atoms with E-state index in [9.17, 15) is 4.79 Å². The zero-order valence-corrected chi connectivity index (χ0v) is 12.0. The molecule has 5 heteroatoms. The first-order chi connectivity index (χ1) is 8.96. The summed E-state index contributed by atoms with van der Waals surface area (Å²) in [6.07, 6.45) is 0.136. The van der Waals surface area contributed by atoms with Gasteiger partial charge >= 0.3 is 5.97 Å². The number of methoxy groups -OCH3 is 1. The molecule has 0 aromatic carbocycles. The lowest BCUT2D eigenvalue weighted by Crippen LogP contribution is -2.34. The van der Waals surface area contributed by atoms with Crippen LogP contribution in [0.4, 0.5) is 0 Å². The zero-order chi connectivity index (χ0) is 14.4. The van der Waals surface area contributed by atoms with Gasteiger partial charge in [-0.1, -0.05) is 6.92 Å². The van der Waals surface area contributed by atoms with Crippen molar-refractivity contribution >= 4 is 5.97 Å². The Morgan fingerprint density at radius 1 is 1.53 bits per heavy atom. The molecular weight excluding hydrogens is 244 g/mol. The van der Waals surface area contributed by atoms with E-state index in [2.05, 4.69) is 9.88 Å². The Hall–Kier alpha value is -1.62. The summed E-state index contributed by atoms with van der Waals surface area (Å²) >= 11 is 0. The SMILES string of the molecule is CCN(Cc1cc(OC)cc(C)n1)C(C)CC(=O)O. The van der Waals surface area contributed by atoms with E-state index in [0.717, 1.165) is 23.7 Å². The molecule has 19 heavy (non-hydrogen) atoms. The van der Waals surface area contributed by atoms with Gasteiger partial charge in [0.25, 0.3) is 0 Å². The molecule has 0 amide bonds. The number of ether oxygens (including phenoxy) is 1. The Morgan fingerprint density at radius 2 is 2.21 bits per heavy atom. The van der Waals surface area contributed by atoms with Gasteiger partial charge in [0.15, 0.2) is 0 Å². The highest BCUT2D eigenvalue weighted by molar-refractivity contribution is 5.67. The number of nitrogens with zero attached hydrogens (tertiary/aromatic N) is 2. The van der Waals surface area contributed by atoms with Gasteiger partial charge in [-0.2, -0.15) is 0 Å². The van der Waals surface area contributed by atoms with Crippen LogP contribution in [0.3, 0.4) is 0 Å². The van der Waals surface area contributed by atoms with Crippen LogP contribution in [0.1, 0.15) is 31.7 Å². The smallest absolute Gasteiger partial charge is 0.304 e. The van der Waals surface area contributed by atoms with E-state index >= 15 is 0 Å². The van der Waals surface area contributed by atoms with Crippen LogP contribution in [-0.2, 0) is 11.3 Å². The summed E-state index contributed by atoms with van der Waals surface area (Å²) < 4.78 is 5.22. The maximum atomic E-state index is 10.8. The first-order valence-electron chi connectivity index (χ1n) is 6.43. The van der Waals surface area contributed by atoms with Crippen molar-refractivity contribution in [1.82, 2.24) is 9.88 Å². The van der Waals surface area contributed by atoms with Crippen molar-refractivity contribution in [3.63, 3.8) is 0 Å². The van der Waals surface area contributed by atoms with Crippen molar-refractivity contribution < 1.29 is 14.6 Å². The van der Waals surface area contributed by atoms with Gasteiger partial charge in [0.1, 0.15) is 5.75 Å². The molecule has 0 saturated heterocycles. The Balaban J connectivity index is 2.80. The molecule has 0 saturated carbocycles. The first-order valence-corrected chi connectivity index (χ1v) is 6.43. The fraction of sp³-hybridized carbons (Fsp3) is 0.571. The molecule has 0 fully saturated rings. The van der Waals surface area contributed by atoms with Gasteiger partial charge in [-0.15, -0.1) is 0 Å². The standard InChI is InChI=1S/C14H22N2O3/c1-5-16(11(3)7-14(17)18)9-12-8-13(19-4)6-10(2)15-12/h6,8,11H,5,7,9H2,1-4H3,(H,17,18). The first kappa shape index (κ1) is 15.4. The van der Waals surface area contributed by atoms with E-state index in [-0.39, 0.29) is 12.5 Å². The minimum atomic E-state index is -0.777. The van der Waals surface area contributed by atoms with E-state index < -0.39 is 5.97 Å². The van der Waals surface area contributed by atoms with Gasteiger partial charge in [0.05, 0.1) is 19.2 Å². The summed E-state index contributed by atoms with van der Waals surface area (Å²) in [6, 6.07) is 3.75. The number of aliphatic carboxylic acids is 1. The molecule has 0 bridgehead atoms. The third-order valence-corrected chi connectivity index (χ3v) is 3.08. The Morgan fingerprint density at radius 3 is 2.74 bits per heavy atom. The number of aryl methyl sites for hydroxylation is 1. The average Bonchev–Trinajstić information content (AvgIpc) is 2.34. The number of rotatable bonds is 7. The highest BCUT2D eigenvalue weighted by atomic mass is 16.5. The van der Waals surface area contributed by atoms with Gasteiger partial charge in [-0.05, 0) is 20.4 Å². The summed E-state index contributed by atoms with van der Waals surface area (Å²) in [5.41, 5.74) is 1.80. The Labute approximate surface area is 114 Å². The molecule has 1 N–H and O–H groups in total. The Kier molecular flexibility index (Phi) is 5.76. The topological polar surface area (TPSA) is 62.7 Å². The van der Waals surface area contributed by atoms with Crippen LogP contribution in [-0.4, -0.2) is 40.7 Å². The van der Waals surface area contributed by atoms with Gasteiger partial charge in [0, 0.05) is 30.4 Å². The lowest BCUT2D eigenvalue weighted by Gasteiger charge is -2.26. The number of carbonyl (C=O) groups is 1. The van der Waals surface area contributed by atoms with Crippen LogP contribution in [0.2, 0.25) is 0 Å². The maximum Gasteiger partial charge on any atom is 0.304 e. The van der Waals surface area contributed by atoms with Crippen LogP contribution in [0.25, 0.3) is 0 Å². The lowest BCUT2D eigenvalue weighted by molar-refractivity contribution is -0.138. The minimum Gasteiger partial charge on any atom is -0.497 e. The molecule has 1 aromatic heterocycles. The fourth-order valence-corrected chi connectivity index (χ4v) is 2.07. The highest BCUT2D eigenvalue weighted by Gasteiger charge is 2.16. The number of aromatic nitrogens is 1. The monoisotopic (exact) mass is 266 g/mol. The van der Waals surface area contributed by atoms with E-state index in [4.69, 9.17) is 9.84 Å². The molecule has 0 spiro atoms. The third kappa shape index (κ3) is 4.87. The van der Waals surface area contributed by atoms with E-state index in [1.807, 2.05) is 32.9 Å². The van der Waals surface area contributed by atoms with Crippen LogP contribution in [0.15, 0.2) is 12.1 Å². The number of carboxylic acid groups (broad SMARTS) is 1. The molecular formula is C14H22N2O3. The van der Waals surface area contributed by atoms with Crippen molar-refractivity contribution in [2.45, 2.75) is 39.8 Å². The molecule has 1 heterocycles. The quantitative estimate of drug-likeness (QED) is 0.818. The van der Waals surface area contributed by atoms with Gasteiger partial charge in [0.2, 0.25) is 0 Å². The fourth-order valence-electron chi connectivity index (χ4n) is 2.07. The predicted molar refractivity (Wildman–Crippen MR) is 73.3 cm³/mol. The van der Waals surface area contributed by atoms with E-state index in [0.29, 0.717) is 6.54 Å². The molecule has 0 aliphatic heterocycles. The second-order valence-electron chi connectivity index (χ2n) is 4.65. The van der Waals surface area contributed by atoms with Crippen molar-refractivity contribution in [2.24, 2.45) is 0 Å². The second kappa shape index (κ2) is 7.09. The van der Waals surface area contributed by atoms with E-state index in [1.54, 1.807) is 7.11 Å². The number of carboxylic acids is 1. The predicted octanol–water partition coefficient (Wildman–Crippen LogP) is 2.08. The summed E-state index contributed by atoms with van der Waals surface area (Å²) in [5.74, 6) is 0.00479. The lowest BCUT2D eigenvalue weighted by atomic mass is 10.2. The second-order valence-corrected chi connectivity index (χ2v) is 4.65. The maximum absolute atomic E-state index is 10.8. The summed E-state index contributed by atoms with van der Waals surface area (Å²) in [4.78, 5) is 17.3. The summed E-state index contributed by atoms with van der Waals surface area (Å²) in [5, 5.41) is 8.86. The normalized spacial score (nSPS) is 12.5. The molecule has 0 radical (unpaired) electrons. The zero-order valence-electron chi connectivity index (χ0n) is 12.0. The minimum absolute atomic E-state index is 0.0178. The Bertz CT molecular complexity index is 435. The van der Waals surface area contributed by atoms with Crippen LogP contribution >= 0.6 is 0 Å². The van der Waals surface area contributed by atoms with Crippen molar-refractivity contribution in [1.29, 1.82) is 0 Å². The number of hydrogen-bond donors (Lipinski definition) is 1. The van der Waals surface area contributed by atoms with Crippen molar-refractivity contribution in [2.75, 3.05) is 13.7 Å². The molecule has 1 aromatic rings. The van der Waals surface area contributed by atoms with Gasteiger partial charge in [-0.3, -0.25) is 14.7 Å². The summed E-state index contributed by atoms with van der Waals surface area (Å²) in [7, 11) is 1.63. The molecule has 5 nitrogen and oxygen atoms in total. The van der Waals surface area contributed by atoms with Crippen LogP contribution in [0, 0.1) is 6.92 Å². The largest absolute Gasteiger partial charge is 0.497 e. The third-order valence-electron chi connectivity index (χ3n) is 3.08. The molecule has 0 aliphatic rings. The van der Waals surface area contributed by atoms with Crippen LogP contribution < -0.4 is 4.74 Å². The van der Waals surface area contributed by atoms with E-state index in [1.165, 1.54) is 0 Å². The molecule has 106 valence electrons. The van der Waals surface area contributed by atoms with Gasteiger partial charge in [-0.25, -0.2) is 0 Å². The molecule has 1 atom stereocenters. The highest BCUT2D eigenvalue weighted by Crippen LogP contribution is 2.16. The summed E-state index contributed by atoms with van der Waals surface area (Å²) in [6.45, 7) is 7.27.